The lowest BCUT2D eigenvalue weighted by atomic mass is 9.47. The second kappa shape index (κ2) is 6.37. The Morgan fingerprint density at radius 2 is 1.45 bits per heavy atom. The van der Waals surface area contributed by atoms with E-state index in [0.29, 0.717) is 5.69 Å². The number of hydrogen-bond donors (Lipinski definition) is 1. The topological polar surface area (TPSA) is 70.0 Å². The predicted octanol–water partition coefficient (Wildman–Crippen LogP) is 4.46. The van der Waals surface area contributed by atoms with Gasteiger partial charge in [0.05, 0.1) is 29.2 Å². The zero-order valence-corrected chi connectivity index (χ0v) is 17.9. The molecule has 0 spiro atoms. The summed E-state index contributed by atoms with van der Waals surface area (Å²) in [5.74, 6) is -1.91. The van der Waals surface area contributed by atoms with Crippen molar-refractivity contribution in [3.05, 3.63) is 99.5 Å². The number of carbonyl (C=O) groups excluding carboxylic acids is 2. The van der Waals surface area contributed by atoms with Crippen molar-refractivity contribution in [2.45, 2.75) is 11.3 Å². The van der Waals surface area contributed by atoms with Crippen LogP contribution < -0.4 is 4.90 Å². The average Bonchev–Trinajstić information content (AvgIpc) is 3.06. The standard InChI is InChI=1S/C25H17BrN2O3/c26-14-9-11-15(12-10-14)28-23(29)21-20-16-5-1-3-7-18(16)25(13-27-31,22(21)24(28)30)19-8-4-2-6-17(19)20/h1-13,20-22,31H/b27-13-/t20?,21-,22-,25?/m0/s1. The van der Waals surface area contributed by atoms with Gasteiger partial charge in [0.15, 0.2) is 0 Å². The van der Waals surface area contributed by atoms with Gasteiger partial charge in [0.1, 0.15) is 0 Å². The molecule has 3 aliphatic carbocycles. The second-order valence-electron chi connectivity index (χ2n) is 8.26. The molecule has 0 saturated carbocycles. The summed E-state index contributed by atoms with van der Waals surface area (Å²) >= 11 is 3.41. The van der Waals surface area contributed by atoms with Crippen molar-refractivity contribution in [1.82, 2.24) is 0 Å². The summed E-state index contributed by atoms with van der Waals surface area (Å²) in [5, 5.41) is 13.2. The predicted molar refractivity (Wildman–Crippen MR) is 119 cm³/mol. The van der Waals surface area contributed by atoms with Crippen LogP contribution >= 0.6 is 15.9 Å². The van der Waals surface area contributed by atoms with Gasteiger partial charge in [-0.25, -0.2) is 4.90 Å². The maximum Gasteiger partial charge on any atom is 0.239 e. The molecule has 1 heterocycles. The molecule has 2 amide bonds. The molecule has 1 fully saturated rings. The minimum Gasteiger partial charge on any atom is -0.411 e. The highest BCUT2D eigenvalue weighted by Crippen LogP contribution is 2.63. The van der Waals surface area contributed by atoms with E-state index in [1.165, 1.54) is 11.1 Å². The molecule has 3 aromatic carbocycles. The zero-order chi connectivity index (χ0) is 21.3. The normalized spacial score (nSPS) is 28.0. The highest BCUT2D eigenvalue weighted by atomic mass is 79.9. The molecule has 6 heteroatoms. The fourth-order valence-electron chi connectivity index (χ4n) is 5.99. The molecule has 31 heavy (non-hydrogen) atoms. The lowest BCUT2D eigenvalue weighted by Crippen LogP contribution is -2.54. The van der Waals surface area contributed by atoms with Gasteiger partial charge in [-0.05, 0) is 46.5 Å². The zero-order valence-electron chi connectivity index (χ0n) is 16.3. The van der Waals surface area contributed by atoms with Gasteiger partial charge in [0.25, 0.3) is 0 Å². The molecule has 152 valence electrons. The summed E-state index contributed by atoms with van der Waals surface area (Å²) in [4.78, 5) is 29.0. The van der Waals surface area contributed by atoms with Crippen molar-refractivity contribution in [1.29, 1.82) is 0 Å². The van der Waals surface area contributed by atoms with E-state index in [-0.39, 0.29) is 17.7 Å². The van der Waals surface area contributed by atoms with Gasteiger partial charge < -0.3 is 5.21 Å². The summed E-state index contributed by atoms with van der Waals surface area (Å²) < 4.78 is 0.872. The van der Waals surface area contributed by atoms with Crippen LogP contribution in [0, 0.1) is 11.8 Å². The van der Waals surface area contributed by atoms with Crippen LogP contribution in [0.3, 0.4) is 0 Å². The van der Waals surface area contributed by atoms with E-state index in [4.69, 9.17) is 0 Å². The SMILES string of the molecule is O=C1[C@@H]2[C@@H](C(=O)N1c1ccc(Br)cc1)C1c3ccccc3C2(/C=N\O)c2ccccc21. The first-order chi connectivity index (χ1) is 15.1. The molecule has 1 N–H and O–H groups in total. The van der Waals surface area contributed by atoms with E-state index in [1.54, 1.807) is 12.1 Å². The lowest BCUT2D eigenvalue weighted by molar-refractivity contribution is -0.122. The molecule has 1 saturated heterocycles. The molecule has 7 rings (SSSR count). The van der Waals surface area contributed by atoms with Crippen molar-refractivity contribution in [3.63, 3.8) is 0 Å². The van der Waals surface area contributed by atoms with Crippen LogP contribution in [0.2, 0.25) is 0 Å². The number of benzene rings is 3. The number of oxime groups is 1. The van der Waals surface area contributed by atoms with Crippen LogP contribution in [0.15, 0.2) is 82.4 Å². The highest BCUT2D eigenvalue weighted by molar-refractivity contribution is 9.10. The quantitative estimate of drug-likeness (QED) is 0.259. The molecule has 0 aromatic heterocycles. The van der Waals surface area contributed by atoms with Gasteiger partial charge in [-0.15, -0.1) is 5.16 Å². The van der Waals surface area contributed by atoms with Crippen LogP contribution in [0.4, 0.5) is 5.69 Å². The molecule has 0 unspecified atom stereocenters. The van der Waals surface area contributed by atoms with E-state index in [0.717, 1.165) is 26.7 Å². The number of carbonyl (C=O) groups is 2. The van der Waals surface area contributed by atoms with Crippen LogP contribution in [0.25, 0.3) is 0 Å². The first kappa shape index (κ1) is 18.5. The third kappa shape index (κ3) is 2.18. The Kier molecular flexibility index (Phi) is 3.81. The Morgan fingerprint density at radius 3 is 2.03 bits per heavy atom. The maximum atomic E-state index is 13.9. The first-order valence-corrected chi connectivity index (χ1v) is 10.9. The fourth-order valence-corrected chi connectivity index (χ4v) is 6.25. The van der Waals surface area contributed by atoms with Gasteiger partial charge in [-0.1, -0.05) is 64.5 Å². The minimum atomic E-state index is -1.00. The van der Waals surface area contributed by atoms with Crippen LogP contribution in [-0.4, -0.2) is 23.2 Å². The number of amides is 2. The Hall–Kier alpha value is -3.25. The van der Waals surface area contributed by atoms with Gasteiger partial charge in [-0.2, -0.15) is 0 Å². The largest absolute Gasteiger partial charge is 0.411 e. The summed E-state index contributed by atoms with van der Waals surface area (Å²) in [6.45, 7) is 0. The van der Waals surface area contributed by atoms with Gasteiger partial charge in [0.2, 0.25) is 11.8 Å². The number of imide groups is 1. The molecular weight excluding hydrogens is 456 g/mol. The summed E-state index contributed by atoms with van der Waals surface area (Å²) in [7, 11) is 0. The summed E-state index contributed by atoms with van der Waals surface area (Å²) in [6, 6.07) is 22.9. The smallest absolute Gasteiger partial charge is 0.239 e. The van der Waals surface area contributed by atoms with Crippen LogP contribution in [0.1, 0.15) is 28.2 Å². The molecule has 5 nitrogen and oxygen atoms in total. The third-order valence-electron chi connectivity index (χ3n) is 7.03. The van der Waals surface area contributed by atoms with Gasteiger partial charge in [0, 0.05) is 10.4 Å². The molecule has 4 aliphatic rings. The van der Waals surface area contributed by atoms with Gasteiger partial charge in [-0.3, -0.25) is 9.59 Å². The minimum absolute atomic E-state index is 0.206. The monoisotopic (exact) mass is 472 g/mol. The van der Waals surface area contributed by atoms with Gasteiger partial charge >= 0.3 is 0 Å². The van der Waals surface area contributed by atoms with Crippen LogP contribution in [0.5, 0.6) is 0 Å². The lowest BCUT2D eigenvalue weighted by Gasteiger charge is -2.52. The molecule has 2 atom stereocenters. The highest BCUT2D eigenvalue weighted by Gasteiger charge is 2.68. The Balaban J connectivity index is 1.66. The number of rotatable bonds is 2. The second-order valence-corrected chi connectivity index (χ2v) is 9.17. The number of nitrogens with zero attached hydrogens (tertiary/aromatic N) is 2. The average molecular weight is 473 g/mol. The van der Waals surface area contributed by atoms with E-state index in [1.807, 2.05) is 60.7 Å². The third-order valence-corrected chi connectivity index (χ3v) is 7.56. The fraction of sp³-hybridized carbons (Fsp3) is 0.160. The first-order valence-electron chi connectivity index (χ1n) is 10.1. The number of halogens is 1. The van der Waals surface area contributed by atoms with Crippen molar-refractivity contribution in [2.75, 3.05) is 4.90 Å². The van der Waals surface area contributed by atoms with Crippen LogP contribution in [-0.2, 0) is 15.0 Å². The molecule has 3 aromatic rings. The van der Waals surface area contributed by atoms with Crippen molar-refractivity contribution in [2.24, 2.45) is 17.0 Å². The Bertz CT molecular complexity index is 1240. The van der Waals surface area contributed by atoms with E-state index in [2.05, 4.69) is 21.1 Å². The van der Waals surface area contributed by atoms with Crippen molar-refractivity contribution >= 4 is 39.6 Å². The van der Waals surface area contributed by atoms with E-state index in [9.17, 15) is 14.8 Å². The molecule has 2 bridgehead atoms. The number of anilines is 1. The Labute approximate surface area is 187 Å². The molecule has 1 aliphatic heterocycles. The summed E-state index contributed by atoms with van der Waals surface area (Å²) in [5.41, 5.74) is 3.43. The van der Waals surface area contributed by atoms with Crippen molar-refractivity contribution in [3.8, 4) is 0 Å². The van der Waals surface area contributed by atoms with E-state index >= 15 is 0 Å². The van der Waals surface area contributed by atoms with Crippen molar-refractivity contribution < 1.29 is 14.8 Å². The maximum absolute atomic E-state index is 13.9. The molecular formula is C25H17BrN2O3. The summed E-state index contributed by atoms with van der Waals surface area (Å²) in [6.07, 6.45) is 1.45. The van der Waals surface area contributed by atoms with E-state index < -0.39 is 17.3 Å². The Morgan fingerprint density at radius 1 is 0.871 bits per heavy atom. The molecule has 0 radical (unpaired) electrons. The number of hydrogen-bond acceptors (Lipinski definition) is 4.